The van der Waals surface area contributed by atoms with E-state index in [1.54, 1.807) is 13.0 Å². The molecule has 186 valence electrons. The molecule has 0 radical (unpaired) electrons. The van der Waals surface area contributed by atoms with Crippen molar-refractivity contribution in [2.75, 3.05) is 18.0 Å². The van der Waals surface area contributed by atoms with Crippen LogP contribution in [0.5, 0.6) is 0 Å². The van der Waals surface area contributed by atoms with Crippen molar-refractivity contribution < 1.29 is 36.6 Å². The van der Waals surface area contributed by atoms with E-state index >= 15 is 0 Å². The van der Waals surface area contributed by atoms with Gasteiger partial charge in [-0.3, -0.25) is 4.79 Å². The molecule has 1 aliphatic rings. The number of nitrogens with zero attached hydrogens (tertiary/aromatic N) is 3. The summed E-state index contributed by atoms with van der Waals surface area (Å²) in [6.07, 6.45) is -4.92. The fraction of sp³-hybridized carbons (Fsp3) is 0.364. The number of pyridine rings is 1. The molecule has 0 spiro atoms. The lowest BCUT2D eigenvalue weighted by molar-refractivity contribution is -0.149. The Kier molecular flexibility index (Phi) is 6.86. The number of nitriles is 1. The first-order valence-corrected chi connectivity index (χ1v) is 10.3. The lowest BCUT2D eigenvalue weighted by Crippen LogP contribution is -2.47. The minimum Gasteiger partial charge on any atom is -0.465 e. The number of benzene rings is 1. The van der Waals surface area contributed by atoms with Crippen LogP contribution in [0.2, 0.25) is 0 Å². The molecule has 8 nitrogen and oxygen atoms in total. The van der Waals surface area contributed by atoms with Crippen LogP contribution in [0.4, 0.5) is 32.4 Å². The number of nitrogens with one attached hydrogen (secondary N) is 2. The molecule has 2 heterocycles. The van der Waals surface area contributed by atoms with Crippen molar-refractivity contribution in [1.82, 2.24) is 15.6 Å². The summed E-state index contributed by atoms with van der Waals surface area (Å²) in [5, 5.41) is 23.0. The van der Waals surface area contributed by atoms with E-state index in [1.807, 2.05) is 5.32 Å². The van der Waals surface area contributed by atoms with E-state index in [-0.39, 0.29) is 47.6 Å². The smallest absolute Gasteiger partial charge is 0.408 e. The summed E-state index contributed by atoms with van der Waals surface area (Å²) in [5.41, 5.74) is -2.15. The molecule has 1 aliphatic heterocycles. The lowest BCUT2D eigenvalue weighted by Gasteiger charge is -2.29. The van der Waals surface area contributed by atoms with Gasteiger partial charge >= 0.3 is 12.3 Å². The molecule has 0 unspecified atom stereocenters. The largest absolute Gasteiger partial charge is 0.465 e. The van der Waals surface area contributed by atoms with Crippen LogP contribution < -0.4 is 15.5 Å². The average Bonchev–Trinajstić information content (AvgIpc) is 3.11. The van der Waals surface area contributed by atoms with Gasteiger partial charge in [-0.2, -0.15) is 18.4 Å². The number of alkyl halides is 3. The zero-order valence-electron chi connectivity index (χ0n) is 18.5. The molecule has 35 heavy (non-hydrogen) atoms. The first-order chi connectivity index (χ1) is 16.2. The highest BCUT2D eigenvalue weighted by atomic mass is 19.4. The number of amides is 2. The first-order valence-electron chi connectivity index (χ1n) is 10.3. The van der Waals surface area contributed by atoms with Gasteiger partial charge in [-0.05, 0) is 38.0 Å². The molecule has 2 aromatic rings. The van der Waals surface area contributed by atoms with E-state index in [0.29, 0.717) is 6.07 Å². The third-order valence-corrected chi connectivity index (χ3v) is 5.59. The number of carboxylic acid groups (broad SMARTS) is 1. The summed E-state index contributed by atoms with van der Waals surface area (Å²) in [7, 11) is 0. The molecule has 3 rings (SSSR count). The maximum Gasteiger partial charge on any atom is 0.408 e. The highest BCUT2D eigenvalue weighted by molar-refractivity contribution is 6.04. The molecule has 1 aromatic heterocycles. The van der Waals surface area contributed by atoms with Crippen LogP contribution in [-0.2, 0) is 0 Å². The fourth-order valence-corrected chi connectivity index (χ4v) is 3.92. The molecule has 0 bridgehead atoms. The van der Waals surface area contributed by atoms with Crippen LogP contribution in [0.25, 0.3) is 11.1 Å². The number of aromatic nitrogens is 1. The molecular formula is C22H20F5N5O3. The summed E-state index contributed by atoms with van der Waals surface area (Å²) in [4.78, 5) is 29.5. The van der Waals surface area contributed by atoms with Crippen LogP contribution in [0.3, 0.4) is 0 Å². The number of hydrogen-bond donors (Lipinski definition) is 3. The Bertz CT molecular complexity index is 1190. The average molecular weight is 497 g/mol. The second-order valence-electron chi connectivity index (χ2n) is 8.41. The summed E-state index contributed by atoms with van der Waals surface area (Å²) in [6.45, 7) is 2.39. The highest BCUT2D eigenvalue weighted by Crippen LogP contribution is 2.40. The standard InChI is InChI=1S/C22H20F5N5O3/c1-11(22(25,26)27)30-19(33)15-9-29-16(8-28)17(12-5-13(23)7-14(24)6-12)18(15)32-4-3-21(2,10-32)31-20(34)35/h5-7,9,11,31H,3-4,10H2,1-2H3,(H,30,33)(H,34,35)/t11-,21-/m0/s1. The highest BCUT2D eigenvalue weighted by Gasteiger charge is 2.40. The molecule has 1 aromatic carbocycles. The molecular weight excluding hydrogens is 477 g/mol. The number of rotatable bonds is 5. The van der Waals surface area contributed by atoms with Crippen LogP contribution in [0.15, 0.2) is 24.4 Å². The normalized spacial score (nSPS) is 18.6. The van der Waals surface area contributed by atoms with E-state index in [2.05, 4.69) is 10.3 Å². The van der Waals surface area contributed by atoms with Crippen molar-refractivity contribution in [3.05, 3.63) is 47.3 Å². The van der Waals surface area contributed by atoms with E-state index in [1.165, 1.54) is 4.90 Å². The van der Waals surface area contributed by atoms with Gasteiger partial charge in [-0.25, -0.2) is 18.6 Å². The predicted molar refractivity (Wildman–Crippen MR) is 114 cm³/mol. The monoisotopic (exact) mass is 497 g/mol. The Morgan fingerprint density at radius 2 is 1.89 bits per heavy atom. The first kappa shape index (κ1) is 25.7. The Hall–Kier alpha value is -3.95. The Morgan fingerprint density at radius 1 is 1.26 bits per heavy atom. The van der Waals surface area contributed by atoms with Gasteiger partial charge in [0.1, 0.15) is 29.4 Å². The van der Waals surface area contributed by atoms with Crippen LogP contribution >= 0.6 is 0 Å². The van der Waals surface area contributed by atoms with Gasteiger partial charge < -0.3 is 20.6 Å². The summed E-state index contributed by atoms with van der Waals surface area (Å²) >= 11 is 0. The van der Waals surface area contributed by atoms with Gasteiger partial charge in [0.2, 0.25) is 0 Å². The predicted octanol–water partition coefficient (Wildman–Crippen LogP) is 3.82. The molecule has 0 saturated carbocycles. The van der Waals surface area contributed by atoms with Gasteiger partial charge in [0, 0.05) is 30.9 Å². The van der Waals surface area contributed by atoms with Crippen molar-refractivity contribution in [2.45, 2.75) is 38.0 Å². The molecule has 1 saturated heterocycles. The van der Waals surface area contributed by atoms with Crippen LogP contribution in [0, 0.1) is 23.0 Å². The van der Waals surface area contributed by atoms with Crippen LogP contribution in [0.1, 0.15) is 36.3 Å². The minimum atomic E-state index is -4.75. The van der Waals surface area contributed by atoms with Gasteiger partial charge in [0.15, 0.2) is 0 Å². The molecule has 13 heteroatoms. The zero-order valence-corrected chi connectivity index (χ0v) is 18.5. The van der Waals surface area contributed by atoms with Crippen molar-refractivity contribution in [2.24, 2.45) is 0 Å². The zero-order chi connectivity index (χ0) is 26.1. The Morgan fingerprint density at radius 3 is 2.43 bits per heavy atom. The summed E-state index contributed by atoms with van der Waals surface area (Å²) < 4.78 is 67.3. The van der Waals surface area contributed by atoms with E-state index in [0.717, 1.165) is 25.3 Å². The number of halogens is 5. The molecule has 0 aliphatic carbocycles. The quantitative estimate of drug-likeness (QED) is 0.541. The number of anilines is 1. The van der Waals surface area contributed by atoms with E-state index in [4.69, 9.17) is 5.11 Å². The Labute approximate surface area is 196 Å². The van der Waals surface area contributed by atoms with Crippen molar-refractivity contribution >= 4 is 17.7 Å². The molecule has 3 N–H and O–H groups in total. The van der Waals surface area contributed by atoms with Gasteiger partial charge in [-0.15, -0.1) is 0 Å². The second-order valence-corrected chi connectivity index (χ2v) is 8.41. The third kappa shape index (κ3) is 5.59. The van der Waals surface area contributed by atoms with E-state index < -0.39 is 41.4 Å². The summed E-state index contributed by atoms with van der Waals surface area (Å²) in [5.74, 6) is -3.16. The molecule has 2 amide bonds. The minimum absolute atomic E-state index is 0.0475. The van der Waals surface area contributed by atoms with Crippen molar-refractivity contribution in [3.63, 3.8) is 0 Å². The maximum atomic E-state index is 14.1. The summed E-state index contributed by atoms with van der Waals surface area (Å²) in [6, 6.07) is 1.93. The Balaban J connectivity index is 2.23. The number of hydrogen-bond acceptors (Lipinski definition) is 5. The maximum absolute atomic E-state index is 14.1. The second kappa shape index (κ2) is 9.36. The van der Waals surface area contributed by atoms with Gasteiger partial charge in [-0.1, -0.05) is 0 Å². The number of carbonyl (C=O) groups excluding carboxylic acids is 1. The van der Waals surface area contributed by atoms with Crippen LogP contribution in [-0.4, -0.2) is 52.9 Å². The third-order valence-electron chi connectivity index (χ3n) is 5.59. The van der Waals surface area contributed by atoms with Gasteiger partial charge in [0.05, 0.1) is 16.8 Å². The van der Waals surface area contributed by atoms with Gasteiger partial charge in [0.25, 0.3) is 5.91 Å². The van der Waals surface area contributed by atoms with E-state index in [9.17, 15) is 36.8 Å². The molecule has 1 fully saturated rings. The number of carbonyl (C=O) groups is 2. The van der Waals surface area contributed by atoms with Crippen molar-refractivity contribution in [1.29, 1.82) is 5.26 Å². The fourth-order valence-electron chi connectivity index (χ4n) is 3.92. The topological polar surface area (TPSA) is 118 Å². The SMILES string of the molecule is C[C@H](NC(=O)c1cnc(C#N)c(-c2cc(F)cc(F)c2)c1N1CC[C@](C)(NC(=O)O)C1)C(F)(F)F. The lowest BCUT2D eigenvalue weighted by atomic mass is 9.97. The van der Waals surface area contributed by atoms with Crippen molar-refractivity contribution in [3.8, 4) is 17.2 Å². The molecule has 2 atom stereocenters.